The number of halogens is 2. The lowest BCUT2D eigenvalue weighted by molar-refractivity contribution is 0.0174. The molecular formula is C25H29F2N5OS. The summed E-state index contributed by atoms with van der Waals surface area (Å²) in [7, 11) is 1.61. The Morgan fingerprint density at radius 1 is 1.15 bits per heavy atom. The van der Waals surface area contributed by atoms with Gasteiger partial charge in [0.05, 0.1) is 12.1 Å². The van der Waals surface area contributed by atoms with Crippen LogP contribution in [0.5, 0.6) is 0 Å². The first-order chi connectivity index (χ1) is 16.0. The van der Waals surface area contributed by atoms with Gasteiger partial charge in [0.1, 0.15) is 16.3 Å². The van der Waals surface area contributed by atoms with Gasteiger partial charge >= 0.3 is 5.69 Å². The molecule has 0 saturated heterocycles. The third-order valence-corrected chi connectivity index (χ3v) is 5.76. The number of amidine groups is 1. The van der Waals surface area contributed by atoms with E-state index in [-0.39, 0.29) is 34.2 Å². The van der Waals surface area contributed by atoms with Crippen LogP contribution in [0.3, 0.4) is 0 Å². The van der Waals surface area contributed by atoms with Gasteiger partial charge in [-0.25, -0.2) is 13.6 Å². The van der Waals surface area contributed by atoms with E-state index < -0.39 is 5.92 Å². The van der Waals surface area contributed by atoms with Crippen molar-refractivity contribution in [1.29, 1.82) is 0 Å². The number of alkyl halides is 2. The lowest BCUT2D eigenvalue weighted by atomic mass is 10.1. The van der Waals surface area contributed by atoms with Crippen molar-refractivity contribution in [2.75, 3.05) is 11.1 Å². The van der Waals surface area contributed by atoms with Gasteiger partial charge in [-0.05, 0) is 23.6 Å². The lowest BCUT2D eigenvalue weighted by Gasteiger charge is -2.19. The third kappa shape index (κ3) is 5.77. The van der Waals surface area contributed by atoms with Gasteiger partial charge in [-0.1, -0.05) is 68.5 Å². The zero-order valence-corrected chi connectivity index (χ0v) is 20.5. The van der Waals surface area contributed by atoms with E-state index in [2.05, 4.69) is 5.32 Å². The summed E-state index contributed by atoms with van der Waals surface area (Å²) in [5, 5.41) is 3.26. The molecule has 0 fully saturated rings. The summed E-state index contributed by atoms with van der Waals surface area (Å²) >= 11 is 5.59. The average molecular weight is 486 g/mol. The highest BCUT2D eigenvalue weighted by Crippen LogP contribution is 2.27. The van der Waals surface area contributed by atoms with E-state index in [1.807, 2.05) is 44.2 Å². The van der Waals surface area contributed by atoms with Crippen molar-refractivity contribution >= 4 is 29.6 Å². The predicted octanol–water partition coefficient (Wildman–Crippen LogP) is 5.33. The number of nitrogens with two attached hydrogens (primary N) is 1. The summed E-state index contributed by atoms with van der Waals surface area (Å²) in [6, 6.07) is 15.4. The van der Waals surface area contributed by atoms with E-state index in [0.717, 1.165) is 18.2 Å². The Morgan fingerprint density at radius 3 is 2.32 bits per heavy atom. The quantitative estimate of drug-likeness (QED) is 0.270. The van der Waals surface area contributed by atoms with E-state index in [0.29, 0.717) is 17.9 Å². The minimum Gasteiger partial charge on any atom is -0.384 e. The number of anilines is 2. The zero-order chi connectivity index (χ0) is 25.0. The number of aliphatic imine (C=N–C) groups is 1. The zero-order valence-electron chi connectivity index (χ0n) is 19.7. The van der Waals surface area contributed by atoms with Crippen LogP contribution in [0.25, 0.3) is 0 Å². The topological polar surface area (TPSA) is 77.3 Å². The largest absolute Gasteiger partial charge is 0.384 e. The van der Waals surface area contributed by atoms with Crippen LogP contribution in [-0.2, 0) is 26.1 Å². The molecule has 3 aromatic rings. The highest BCUT2D eigenvalue weighted by atomic mass is 32.1. The Balaban J connectivity index is 2.11. The third-order valence-electron chi connectivity index (χ3n) is 5.28. The van der Waals surface area contributed by atoms with Gasteiger partial charge < -0.3 is 11.1 Å². The van der Waals surface area contributed by atoms with Gasteiger partial charge in [-0.2, -0.15) is 0 Å². The Morgan fingerprint density at radius 2 is 1.76 bits per heavy atom. The van der Waals surface area contributed by atoms with Crippen molar-refractivity contribution in [3.8, 4) is 0 Å². The van der Waals surface area contributed by atoms with E-state index in [4.69, 9.17) is 22.9 Å². The summed E-state index contributed by atoms with van der Waals surface area (Å²) in [6.45, 7) is 5.47. The lowest BCUT2D eigenvalue weighted by Crippen LogP contribution is -2.36. The van der Waals surface area contributed by atoms with Crippen molar-refractivity contribution in [3.05, 3.63) is 86.4 Å². The molecule has 3 N–H and O–H groups in total. The molecule has 0 unspecified atom stereocenters. The molecule has 0 radical (unpaired) electrons. The number of nitrogens with zero attached hydrogens (tertiary/aromatic N) is 3. The van der Waals surface area contributed by atoms with Crippen LogP contribution in [-0.4, -0.2) is 15.0 Å². The fourth-order valence-corrected chi connectivity index (χ4v) is 3.74. The van der Waals surface area contributed by atoms with Crippen molar-refractivity contribution in [2.45, 2.75) is 39.8 Å². The van der Waals surface area contributed by atoms with Gasteiger partial charge in [0.25, 0.3) is 5.92 Å². The van der Waals surface area contributed by atoms with Gasteiger partial charge in [0.2, 0.25) is 0 Å². The second-order valence-electron chi connectivity index (χ2n) is 8.65. The maximum atomic E-state index is 13.6. The van der Waals surface area contributed by atoms with E-state index >= 15 is 0 Å². The molecule has 3 rings (SSSR count). The number of rotatable bonds is 7. The van der Waals surface area contributed by atoms with Crippen LogP contribution in [0.1, 0.15) is 37.5 Å². The van der Waals surface area contributed by atoms with Crippen LogP contribution < -0.4 is 16.7 Å². The number of para-hydroxylation sites is 1. The molecule has 0 aliphatic heterocycles. The van der Waals surface area contributed by atoms with Crippen LogP contribution in [0.2, 0.25) is 0 Å². The van der Waals surface area contributed by atoms with Gasteiger partial charge in [0, 0.05) is 31.8 Å². The molecule has 0 aliphatic carbocycles. The number of aromatic nitrogens is 2. The predicted molar refractivity (Wildman–Crippen MR) is 136 cm³/mol. The fourth-order valence-electron chi connectivity index (χ4n) is 3.46. The highest BCUT2D eigenvalue weighted by molar-refractivity contribution is 7.71. The molecule has 1 aromatic heterocycles. The molecule has 0 atom stereocenters. The van der Waals surface area contributed by atoms with Crippen molar-refractivity contribution < 1.29 is 8.78 Å². The van der Waals surface area contributed by atoms with Crippen molar-refractivity contribution in [2.24, 2.45) is 18.0 Å². The molecule has 0 spiro atoms. The monoisotopic (exact) mass is 485 g/mol. The molecule has 9 heteroatoms. The fraction of sp³-hybridized carbons (Fsp3) is 0.320. The Kier molecular flexibility index (Phi) is 7.66. The number of benzene rings is 2. The summed E-state index contributed by atoms with van der Waals surface area (Å²) in [4.78, 5) is 17.5. The first-order valence-electron chi connectivity index (χ1n) is 10.9. The molecule has 0 amide bonds. The molecule has 1 heterocycles. The molecule has 0 aliphatic rings. The second-order valence-corrected chi connectivity index (χ2v) is 9.04. The summed E-state index contributed by atoms with van der Waals surface area (Å²) in [5.41, 5.74) is 8.06. The molecule has 0 bridgehead atoms. The smallest absolute Gasteiger partial charge is 0.330 e. The van der Waals surface area contributed by atoms with E-state index in [1.54, 1.807) is 19.2 Å². The molecule has 34 heavy (non-hydrogen) atoms. The van der Waals surface area contributed by atoms with Crippen LogP contribution in [0, 0.1) is 10.6 Å². The molecule has 0 saturated carbocycles. The molecule has 180 valence electrons. The second kappa shape index (κ2) is 10.3. The Labute approximate surface area is 202 Å². The number of hydrogen-bond donors (Lipinski definition) is 2. The average Bonchev–Trinajstić information content (AvgIpc) is 2.79. The SMILES string of the molecule is CC(C)Cn1c(N)c(C(=NCc2ccc(C(C)(F)F)cc2)Nc2ccccc2)c(=S)n(C)c1=O. The molecule has 6 nitrogen and oxygen atoms in total. The van der Waals surface area contributed by atoms with Gasteiger partial charge in [-0.15, -0.1) is 0 Å². The maximum absolute atomic E-state index is 13.6. The minimum atomic E-state index is -2.91. The Hall–Kier alpha value is -3.33. The number of hydrogen-bond acceptors (Lipinski definition) is 4. The molecule has 2 aromatic carbocycles. The first-order valence-corrected chi connectivity index (χ1v) is 11.3. The summed E-state index contributed by atoms with van der Waals surface area (Å²) in [6.07, 6.45) is 0. The van der Waals surface area contributed by atoms with E-state index in [9.17, 15) is 13.6 Å². The van der Waals surface area contributed by atoms with Crippen molar-refractivity contribution in [1.82, 2.24) is 9.13 Å². The standard InChI is InChI=1S/C25H29F2N5OS/c1-16(2)15-32-21(28)20(23(34)31(4)24(32)33)22(30-19-8-6-5-7-9-19)29-14-17-10-12-18(13-11-17)25(3,26)27/h5-13,16H,14-15,28H2,1-4H3,(H,29,30). The number of nitrogen functional groups attached to an aromatic ring is 1. The van der Waals surface area contributed by atoms with Crippen molar-refractivity contribution in [3.63, 3.8) is 0 Å². The van der Waals surface area contributed by atoms with Gasteiger partial charge in [-0.3, -0.25) is 14.1 Å². The summed E-state index contributed by atoms with van der Waals surface area (Å²) < 4.78 is 30.2. The first kappa shape index (κ1) is 25.3. The van der Waals surface area contributed by atoms with Gasteiger partial charge in [0.15, 0.2) is 0 Å². The van der Waals surface area contributed by atoms with E-state index in [1.165, 1.54) is 21.3 Å². The minimum absolute atomic E-state index is 0.0623. The maximum Gasteiger partial charge on any atom is 0.330 e. The number of nitrogens with one attached hydrogen (secondary N) is 1. The molecular weight excluding hydrogens is 456 g/mol. The normalized spacial score (nSPS) is 12.3. The van der Waals surface area contributed by atoms with Crippen LogP contribution in [0.15, 0.2) is 64.4 Å². The van der Waals surface area contributed by atoms with Crippen LogP contribution >= 0.6 is 12.2 Å². The van der Waals surface area contributed by atoms with Crippen LogP contribution in [0.4, 0.5) is 20.3 Å². The highest BCUT2D eigenvalue weighted by Gasteiger charge is 2.23. The Bertz CT molecular complexity index is 1290. The summed E-state index contributed by atoms with van der Waals surface area (Å²) in [5.74, 6) is -2.11.